The first kappa shape index (κ1) is 26.4. The number of carbonyl (C=O) groups is 3. The Labute approximate surface area is 226 Å². The molecule has 8 nitrogen and oxygen atoms in total. The summed E-state index contributed by atoms with van der Waals surface area (Å²) in [5, 5.41) is 15.9. The molecule has 3 amide bonds. The number of nitrogens with zero attached hydrogens (tertiary/aromatic N) is 3. The van der Waals surface area contributed by atoms with Gasteiger partial charge in [0.1, 0.15) is 11.6 Å². The van der Waals surface area contributed by atoms with E-state index in [9.17, 15) is 23.9 Å². The Morgan fingerprint density at radius 1 is 0.949 bits per heavy atom. The topological polar surface area (TPSA) is 93.2 Å². The molecule has 0 radical (unpaired) electrons. The molecule has 0 saturated carbocycles. The number of nitrogens with one attached hydrogen (secondary N) is 1. The van der Waals surface area contributed by atoms with Crippen molar-refractivity contribution in [2.24, 2.45) is 11.8 Å². The summed E-state index contributed by atoms with van der Waals surface area (Å²) < 4.78 is 13.5. The number of urea groups is 1. The molecule has 202 valence electrons. The number of likely N-dealkylation sites (tertiary alicyclic amines) is 1. The molecule has 0 aromatic heterocycles. The number of fused-ring (bicyclic) bond motifs is 1. The zero-order chi connectivity index (χ0) is 27.5. The van der Waals surface area contributed by atoms with Gasteiger partial charge in [-0.3, -0.25) is 14.6 Å². The second kappa shape index (κ2) is 11.2. The number of piperidine rings is 1. The Balaban J connectivity index is 1.45. The summed E-state index contributed by atoms with van der Waals surface area (Å²) in [5.74, 6) is -1.91. The molecular weight excluding hydrogens is 499 g/mol. The Morgan fingerprint density at radius 2 is 1.62 bits per heavy atom. The molecule has 2 unspecified atom stereocenters. The molecule has 39 heavy (non-hydrogen) atoms. The number of phenols is 1. The third-order valence-corrected chi connectivity index (χ3v) is 7.50. The van der Waals surface area contributed by atoms with E-state index in [4.69, 9.17) is 0 Å². The van der Waals surface area contributed by atoms with E-state index in [2.05, 4.69) is 5.32 Å². The van der Waals surface area contributed by atoms with Crippen molar-refractivity contribution in [2.75, 3.05) is 20.1 Å². The fraction of sp³-hybridized carbons (Fsp3) is 0.300. The lowest BCUT2D eigenvalue weighted by molar-refractivity contribution is -0.166. The molecule has 2 saturated heterocycles. The van der Waals surface area contributed by atoms with Gasteiger partial charge in [-0.05, 0) is 47.4 Å². The molecular formula is C30H31FN4O4. The highest BCUT2D eigenvalue weighted by Gasteiger charge is 2.53. The molecule has 0 aliphatic carbocycles. The van der Waals surface area contributed by atoms with Gasteiger partial charge in [-0.15, -0.1) is 0 Å². The van der Waals surface area contributed by atoms with Crippen LogP contribution in [-0.4, -0.2) is 63.9 Å². The fourth-order valence-electron chi connectivity index (χ4n) is 5.63. The number of hydrogen-bond acceptors (Lipinski definition) is 5. The SMILES string of the molecule is CN1CC(=O)C2C(CN(Cc3ccc(F)cc3)C(=O)[C@@H]2Cc2ccc(O)cc2)N1C(=O)NCc1ccccc1. The van der Waals surface area contributed by atoms with Gasteiger partial charge in [0.05, 0.1) is 24.4 Å². The third-order valence-electron chi connectivity index (χ3n) is 7.50. The second-order valence-electron chi connectivity index (χ2n) is 10.2. The van der Waals surface area contributed by atoms with E-state index < -0.39 is 17.9 Å². The largest absolute Gasteiger partial charge is 0.508 e. The highest BCUT2D eigenvalue weighted by Crippen LogP contribution is 2.36. The monoisotopic (exact) mass is 530 g/mol. The molecule has 0 spiro atoms. The van der Waals surface area contributed by atoms with Gasteiger partial charge in [0.25, 0.3) is 0 Å². The molecule has 9 heteroatoms. The van der Waals surface area contributed by atoms with Gasteiger partial charge in [-0.1, -0.05) is 54.6 Å². The van der Waals surface area contributed by atoms with Gasteiger partial charge < -0.3 is 15.3 Å². The van der Waals surface area contributed by atoms with Crippen molar-refractivity contribution in [3.05, 3.63) is 101 Å². The van der Waals surface area contributed by atoms with E-state index in [1.807, 2.05) is 30.3 Å². The number of carbonyl (C=O) groups excluding carboxylic acids is 3. The van der Waals surface area contributed by atoms with Crippen molar-refractivity contribution in [3.8, 4) is 5.75 Å². The summed E-state index contributed by atoms with van der Waals surface area (Å²) in [6.07, 6.45) is 0.287. The standard InChI is InChI=1S/C30H31FN4O4/c1-33-19-27(37)28-25(15-20-9-13-24(36)14-10-20)29(38)34(17-22-7-11-23(31)12-8-22)18-26(28)35(33)30(39)32-16-21-5-3-2-4-6-21/h2-14,25-26,28,36H,15-19H2,1H3,(H,32,39)/t25-,26?,28?/m1/s1. The van der Waals surface area contributed by atoms with E-state index in [1.165, 1.54) is 12.1 Å². The lowest BCUT2D eigenvalue weighted by atomic mass is 9.74. The van der Waals surface area contributed by atoms with Crippen LogP contribution in [0.5, 0.6) is 5.75 Å². The third kappa shape index (κ3) is 5.78. The summed E-state index contributed by atoms with van der Waals surface area (Å²) in [6, 6.07) is 21.2. The number of hydrogen-bond donors (Lipinski definition) is 2. The maximum Gasteiger partial charge on any atom is 0.332 e. The van der Waals surface area contributed by atoms with Gasteiger partial charge >= 0.3 is 6.03 Å². The van der Waals surface area contributed by atoms with Gasteiger partial charge in [0.2, 0.25) is 5.91 Å². The van der Waals surface area contributed by atoms with E-state index >= 15 is 0 Å². The van der Waals surface area contributed by atoms with Gasteiger partial charge in [0.15, 0.2) is 5.78 Å². The number of benzene rings is 3. The van der Waals surface area contributed by atoms with Crippen LogP contribution in [0.3, 0.4) is 0 Å². The van der Waals surface area contributed by atoms with Crippen LogP contribution in [0.15, 0.2) is 78.9 Å². The number of hydrazine groups is 1. The minimum Gasteiger partial charge on any atom is -0.508 e. The highest BCUT2D eigenvalue weighted by molar-refractivity contribution is 5.93. The average Bonchev–Trinajstić information content (AvgIpc) is 2.92. The van der Waals surface area contributed by atoms with Crippen LogP contribution in [0.4, 0.5) is 9.18 Å². The van der Waals surface area contributed by atoms with Gasteiger partial charge in [-0.25, -0.2) is 14.2 Å². The lowest BCUT2D eigenvalue weighted by Crippen LogP contribution is -2.70. The van der Waals surface area contributed by atoms with E-state index in [1.54, 1.807) is 58.4 Å². The van der Waals surface area contributed by atoms with E-state index in [-0.39, 0.29) is 55.3 Å². The summed E-state index contributed by atoms with van der Waals surface area (Å²) in [6.45, 7) is 0.731. The molecule has 3 aromatic rings. The summed E-state index contributed by atoms with van der Waals surface area (Å²) in [5.41, 5.74) is 2.50. The zero-order valence-electron chi connectivity index (χ0n) is 21.7. The molecule has 2 fully saturated rings. The predicted octanol–water partition coefficient (Wildman–Crippen LogP) is 3.36. The summed E-state index contributed by atoms with van der Waals surface area (Å²) in [4.78, 5) is 42.5. The number of rotatable bonds is 6. The average molecular weight is 531 g/mol. The smallest absolute Gasteiger partial charge is 0.332 e. The van der Waals surface area contributed by atoms with Crippen LogP contribution in [0.2, 0.25) is 0 Å². The van der Waals surface area contributed by atoms with Gasteiger partial charge in [0, 0.05) is 26.7 Å². The highest BCUT2D eigenvalue weighted by atomic mass is 19.1. The van der Waals surface area contributed by atoms with Crippen LogP contribution in [0.25, 0.3) is 0 Å². The number of Topliss-reactive ketones (excluding diaryl/α,β-unsaturated/α-hetero) is 1. The number of likely N-dealkylation sites (N-methyl/N-ethyl adjacent to an activating group) is 1. The number of halogens is 1. The Bertz CT molecular complexity index is 1330. The molecule has 2 aliphatic rings. The van der Waals surface area contributed by atoms with Crippen molar-refractivity contribution in [3.63, 3.8) is 0 Å². The lowest BCUT2D eigenvalue weighted by Gasteiger charge is -2.52. The van der Waals surface area contributed by atoms with Crippen molar-refractivity contribution in [2.45, 2.75) is 25.6 Å². The molecule has 2 aliphatic heterocycles. The molecule has 5 rings (SSSR count). The van der Waals surface area contributed by atoms with Crippen LogP contribution in [-0.2, 0) is 29.1 Å². The van der Waals surface area contributed by atoms with Crippen LogP contribution < -0.4 is 5.32 Å². The second-order valence-corrected chi connectivity index (χ2v) is 10.2. The number of amides is 3. The molecule has 2 heterocycles. The Hall–Kier alpha value is -4.24. The van der Waals surface area contributed by atoms with Gasteiger partial charge in [-0.2, -0.15) is 0 Å². The van der Waals surface area contributed by atoms with Crippen molar-refractivity contribution in [1.29, 1.82) is 0 Å². The molecule has 0 bridgehead atoms. The first-order valence-electron chi connectivity index (χ1n) is 13.0. The minimum atomic E-state index is -0.695. The normalized spacial score (nSPS) is 21.5. The maximum absolute atomic E-state index is 13.9. The van der Waals surface area contributed by atoms with Crippen LogP contribution in [0, 0.1) is 17.7 Å². The van der Waals surface area contributed by atoms with Crippen molar-refractivity contribution < 1.29 is 23.9 Å². The Kier molecular flexibility index (Phi) is 7.60. The van der Waals surface area contributed by atoms with Crippen molar-refractivity contribution in [1.82, 2.24) is 20.2 Å². The zero-order valence-corrected chi connectivity index (χ0v) is 21.7. The van der Waals surface area contributed by atoms with Crippen LogP contribution in [0.1, 0.15) is 16.7 Å². The quantitative estimate of drug-likeness (QED) is 0.510. The summed E-state index contributed by atoms with van der Waals surface area (Å²) >= 11 is 0. The Morgan fingerprint density at radius 3 is 2.31 bits per heavy atom. The van der Waals surface area contributed by atoms with E-state index in [0.717, 1.165) is 16.7 Å². The molecule has 3 aromatic carbocycles. The summed E-state index contributed by atoms with van der Waals surface area (Å²) in [7, 11) is 1.70. The molecule has 3 atom stereocenters. The van der Waals surface area contributed by atoms with Crippen molar-refractivity contribution >= 4 is 17.7 Å². The molecule has 2 N–H and O–H groups in total. The first-order valence-corrected chi connectivity index (χ1v) is 13.0. The number of aromatic hydroxyl groups is 1. The van der Waals surface area contributed by atoms with E-state index in [0.29, 0.717) is 6.54 Å². The first-order chi connectivity index (χ1) is 18.8. The number of ketones is 1. The predicted molar refractivity (Wildman–Crippen MR) is 143 cm³/mol. The maximum atomic E-state index is 13.9. The van der Waals surface area contributed by atoms with Crippen LogP contribution >= 0.6 is 0 Å². The number of phenolic OH excluding ortho intramolecular Hbond substituents is 1. The minimum absolute atomic E-state index is 0.0112. The fourth-order valence-corrected chi connectivity index (χ4v) is 5.63.